The maximum Gasteiger partial charge on any atom is 0.0433 e. The zero-order chi connectivity index (χ0) is 44.5. The summed E-state index contributed by atoms with van der Waals surface area (Å²) in [5.41, 5.74) is 12.9. The molecule has 0 aliphatic heterocycles. The lowest BCUT2D eigenvalue weighted by atomic mass is 9.85. The normalized spacial score (nSPS) is 12.8. The molecule has 0 bridgehead atoms. The molecule has 316 valence electrons. The molecule has 0 nitrogen and oxygen atoms in total. The maximum absolute atomic E-state index is 2.47. The Balaban J connectivity index is 0.840. The van der Waals surface area contributed by atoms with Gasteiger partial charge in [0.2, 0.25) is 0 Å². The zero-order valence-electron chi connectivity index (χ0n) is 37.0. The molecule has 68 heavy (non-hydrogen) atoms. The minimum atomic E-state index is 1.08. The van der Waals surface area contributed by atoms with Crippen LogP contribution >= 0.6 is 22.7 Å². The second-order valence-corrected chi connectivity index (χ2v) is 20.7. The van der Waals surface area contributed by atoms with Crippen LogP contribution in [0.25, 0.3) is 145 Å². The molecule has 14 aromatic rings. The minimum Gasteiger partial charge on any atom is -0.135 e. The summed E-state index contributed by atoms with van der Waals surface area (Å²) in [5, 5.41) is 18.4. The third-order valence-corrected chi connectivity index (χ3v) is 17.4. The molecule has 0 amide bonds. The van der Waals surface area contributed by atoms with Gasteiger partial charge in [0.25, 0.3) is 0 Å². The number of aryl methyl sites for hydroxylation is 1. The van der Waals surface area contributed by atoms with E-state index in [1.165, 1.54) is 150 Å². The van der Waals surface area contributed by atoms with E-state index in [1.54, 1.807) is 0 Å². The van der Waals surface area contributed by atoms with Gasteiger partial charge in [-0.3, -0.25) is 0 Å². The van der Waals surface area contributed by atoms with Crippen LogP contribution in [-0.4, -0.2) is 0 Å². The predicted octanol–water partition coefficient (Wildman–Crippen LogP) is 19.8. The number of benzene rings is 12. The summed E-state index contributed by atoms with van der Waals surface area (Å²) in [6, 6.07) is 77.9. The summed E-state index contributed by atoms with van der Waals surface area (Å²) in [4.78, 5) is 0. The van der Waals surface area contributed by atoms with E-state index in [-0.39, 0.29) is 0 Å². The van der Waals surface area contributed by atoms with Gasteiger partial charge >= 0.3 is 0 Å². The second-order valence-electron chi connectivity index (χ2n) is 18.6. The third-order valence-electron chi connectivity index (χ3n) is 14.9. The standard InChI is InChI=1S/C66H40S2/c1-2-16-49-47(14-1)48-15-3-5-18-51(48)61-38-44(28-32-54(49)61)46-22-11-24-58-62-37-42(29-33-64(62)68-66(46)58)41-26-30-53-50-17-4-6-19-52(50)59-35-40(27-31-55(59)60(53)36-41)39-12-9-13-43(34-39)45-21-10-23-57-56-20-7-8-25-63(56)67-65(45)57/h1-4,6-17,19-38H,5,18H2. The molecular formula is C66H40S2. The monoisotopic (exact) mass is 896 g/mol. The first-order valence-corrected chi connectivity index (χ1v) is 25.3. The van der Waals surface area contributed by atoms with Gasteiger partial charge in [0.15, 0.2) is 0 Å². The average Bonchev–Trinajstić information content (AvgIpc) is 3.99. The topological polar surface area (TPSA) is 0 Å². The van der Waals surface area contributed by atoms with Gasteiger partial charge in [-0.05, 0) is 165 Å². The molecule has 0 N–H and O–H groups in total. The predicted molar refractivity (Wildman–Crippen MR) is 299 cm³/mol. The molecule has 0 saturated carbocycles. The number of fused-ring (bicyclic) bond motifs is 18. The Kier molecular flexibility index (Phi) is 8.33. The van der Waals surface area contributed by atoms with Crippen LogP contribution in [0.1, 0.15) is 17.5 Å². The molecule has 0 atom stereocenters. The van der Waals surface area contributed by atoms with Gasteiger partial charge in [-0.2, -0.15) is 0 Å². The highest BCUT2D eigenvalue weighted by Gasteiger charge is 2.19. The Labute approximate surface area is 401 Å². The summed E-state index contributed by atoms with van der Waals surface area (Å²) < 4.78 is 5.35. The van der Waals surface area contributed by atoms with Crippen molar-refractivity contribution in [1.82, 2.24) is 0 Å². The highest BCUT2D eigenvalue weighted by Crippen LogP contribution is 2.46. The summed E-state index contributed by atoms with van der Waals surface area (Å²) in [5.74, 6) is 0. The Bertz CT molecular complexity index is 4500. The zero-order valence-corrected chi connectivity index (χ0v) is 38.6. The minimum absolute atomic E-state index is 1.08. The first kappa shape index (κ1) is 38.2. The average molecular weight is 897 g/mol. The molecule has 2 heteroatoms. The molecule has 0 fully saturated rings. The van der Waals surface area contributed by atoms with Gasteiger partial charge in [-0.15, -0.1) is 22.7 Å². The lowest BCUT2D eigenvalue weighted by molar-refractivity contribution is 1.00. The van der Waals surface area contributed by atoms with Crippen LogP contribution in [0.4, 0.5) is 0 Å². The highest BCUT2D eigenvalue weighted by molar-refractivity contribution is 7.26. The molecule has 0 spiro atoms. The Hall–Kier alpha value is -7.88. The highest BCUT2D eigenvalue weighted by atomic mass is 32.1. The van der Waals surface area contributed by atoms with Crippen molar-refractivity contribution in [3.05, 3.63) is 223 Å². The quantitative estimate of drug-likeness (QED) is 0.154. The molecule has 1 aliphatic rings. The number of allylic oxidation sites excluding steroid dienone is 1. The van der Waals surface area contributed by atoms with Crippen molar-refractivity contribution in [2.24, 2.45) is 0 Å². The van der Waals surface area contributed by atoms with E-state index >= 15 is 0 Å². The Morgan fingerprint density at radius 1 is 0.279 bits per heavy atom. The summed E-state index contributed by atoms with van der Waals surface area (Å²) in [7, 11) is 0. The maximum atomic E-state index is 2.47. The van der Waals surface area contributed by atoms with E-state index < -0.39 is 0 Å². The SMILES string of the molecule is C1=Cc2c(c3cc(-c4cccc5c4sc4ccc(-c6ccc7c8ccccc8c8cc(-c9cccc(-c%10cccc%11c%10sc%10ccccc%10%11)c9)ccc8c7c6)cc45)ccc3c3ccccc23)CC1. The van der Waals surface area contributed by atoms with Gasteiger partial charge in [0, 0.05) is 40.3 Å². The molecule has 1 aliphatic carbocycles. The molecular weight excluding hydrogens is 857 g/mol. The van der Waals surface area contributed by atoms with Crippen molar-refractivity contribution in [3.63, 3.8) is 0 Å². The van der Waals surface area contributed by atoms with E-state index in [0.29, 0.717) is 0 Å². The molecule has 2 aromatic heterocycles. The van der Waals surface area contributed by atoms with Gasteiger partial charge < -0.3 is 0 Å². The fraction of sp³-hybridized carbons (Fsp3) is 0.0303. The lowest BCUT2D eigenvalue weighted by Gasteiger charge is -2.18. The molecule has 0 radical (unpaired) electrons. The van der Waals surface area contributed by atoms with Crippen molar-refractivity contribution in [2.75, 3.05) is 0 Å². The van der Waals surface area contributed by atoms with E-state index in [9.17, 15) is 0 Å². The number of hydrogen-bond donors (Lipinski definition) is 0. The Morgan fingerprint density at radius 3 is 1.44 bits per heavy atom. The van der Waals surface area contributed by atoms with Gasteiger partial charge in [0.1, 0.15) is 0 Å². The van der Waals surface area contributed by atoms with Crippen molar-refractivity contribution in [1.29, 1.82) is 0 Å². The van der Waals surface area contributed by atoms with Crippen LogP contribution in [-0.2, 0) is 6.42 Å². The van der Waals surface area contributed by atoms with E-state index in [1.807, 2.05) is 22.7 Å². The second kappa shape index (κ2) is 14.8. The number of thiophene rings is 2. The fourth-order valence-electron chi connectivity index (χ4n) is 11.7. The third kappa shape index (κ3) is 5.72. The van der Waals surface area contributed by atoms with Crippen LogP contribution in [0.2, 0.25) is 0 Å². The van der Waals surface area contributed by atoms with Crippen LogP contribution in [0.5, 0.6) is 0 Å². The molecule has 0 unspecified atom stereocenters. The van der Waals surface area contributed by atoms with Crippen molar-refractivity contribution < 1.29 is 0 Å². The van der Waals surface area contributed by atoms with Crippen molar-refractivity contribution >= 4 is 123 Å². The number of hydrogen-bond acceptors (Lipinski definition) is 2. The molecule has 2 heterocycles. The van der Waals surface area contributed by atoms with Crippen LogP contribution in [0.3, 0.4) is 0 Å². The largest absolute Gasteiger partial charge is 0.135 e. The summed E-state index contributed by atoms with van der Waals surface area (Å²) >= 11 is 3.81. The van der Waals surface area contributed by atoms with Crippen LogP contribution in [0, 0.1) is 0 Å². The molecule has 0 saturated heterocycles. The van der Waals surface area contributed by atoms with Crippen molar-refractivity contribution in [3.8, 4) is 44.5 Å². The first-order valence-electron chi connectivity index (χ1n) is 23.7. The fourth-order valence-corrected chi connectivity index (χ4v) is 14.2. The van der Waals surface area contributed by atoms with E-state index in [0.717, 1.165) is 12.8 Å². The van der Waals surface area contributed by atoms with Gasteiger partial charge in [-0.25, -0.2) is 0 Å². The lowest BCUT2D eigenvalue weighted by Crippen LogP contribution is -1.98. The first-order chi connectivity index (χ1) is 33.7. The van der Waals surface area contributed by atoms with Gasteiger partial charge in [-0.1, -0.05) is 176 Å². The molecule has 12 aromatic carbocycles. The smallest absolute Gasteiger partial charge is 0.0433 e. The number of rotatable bonds is 4. The summed E-state index contributed by atoms with van der Waals surface area (Å²) in [6.07, 6.45) is 6.86. The van der Waals surface area contributed by atoms with Gasteiger partial charge in [0.05, 0.1) is 0 Å². The summed E-state index contributed by atoms with van der Waals surface area (Å²) in [6.45, 7) is 0. The van der Waals surface area contributed by atoms with E-state index in [2.05, 4.69) is 218 Å². The Morgan fingerprint density at radius 2 is 0.721 bits per heavy atom. The van der Waals surface area contributed by atoms with Crippen LogP contribution in [0.15, 0.2) is 212 Å². The van der Waals surface area contributed by atoms with E-state index in [4.69, 9.17) is 0 Å². The van der Waals surface area contributed by atoms with Crippen molar-refractivity contribution in [2.45, 2.75) is 12.8 Å². The molecule has 15 rings (SSSR count). The van der Waals surface area contributed by atoms with Crippen LogP contribution < -0.4 is 0 Å².